The number of carbonyl (C=O) groups excluding carboxylic acids is 2. The highest BCUT2D eigenvalue weighted by Crippen LogP contribution is 2.28. The van der Waals surface area contributed by atoms with Gasteiger partial charge in [-0.25, -0.2) is 4.98 Å². The molecule has 4 rings (SSSR count). The minimum absolute atomic E-state index is 0.0353. The van der Waals surface area contributed by atoms with Gasteiger partial charge in [-0.3, -0.25) is 9.59 Å². The van der Waals surface area contributed by atoms with Crippen LogP contribution in [-0.2, 0) is 11.8 Å². The maximum atomic E-state index is 13.0. The third-order valence-corrected chi connectivity index (χ3v) is 5.90. The van der Waals surface area contributed by atoms with E-state index in [-0.39, 0.29) is 17.7 Å². The van der Waals surface area contributed by atoms with E-state index in [4.69, 9.17) is 0 Å². The number of benzene rings is 1. The molecule has 138 valence electrons. The van der Waals surface area contributed by atoms with Gasteiger partial charge in [-0.05, 0) is 44.4 Å². The van der Waals surface area contributed by atoms with Crippen molar-refractivity contribution < 1.29 is 9.59 Å². The smallest absolute Gasteiger partial charge is 0.253 e. The molecule has 0 unspecified atom stereocenters. The molecule has 1 saturated heterocycles. The standard InChI is InChI=1S/C20H26N4O2/c1-14-21-17-13-16(7-8-18(17)22(14)2)20(26)24-10-4-9-23(11-12-24)19(25)15-5-3-6-15/h7-8,13,15H,3-6,9-12H2,1-2H3. The van der Waals surface area contributed by atoms with Crippen LogP contribution in [0.1, 0.15) is 41.9 Å². The average Bonchev–Trinajstić information content (AvgIpc) is 2.77. The summed E-state index contributed by atoms with van der Waals surface area (Å²) in [6.45, 7) is 4.68. The number of amides is 2. The van der Waals surface area contributed by atoms with Crippen LogP contribution in [0, 0.1) is 12.8 Å². The summed E-state index contributed by atoms with van der Waals surface area (Å²) in [7, 11) is 1.98. The highest BCUT2D eigenvalue weighted by Gasteiger charge is 2.31. The number of hydrogen-bond acceptors (Lipinski definition) is 3. The van der Waals surface area contributed by atoms with Crippen molar-refractivity contribution in [2.75, 3.05) is 26.2 Å². The first-order valence-corrected chi connectivity index (χ1v) is 9.56. The summed E-state index contributed by atoms with van der Waals surface area (Å²) in [6.07, 6.45) is 4.07. The average molecular weight is 354 g/mol. The monoisotopic (exact) mass is 354 g/mol. The molecule has 2 aromatic rings. The third-order valence-electron chi connectivity index (χ3n) is 5.90. The zero-order chi connectivity index (χ0) is 18.3. The van der Waals surface area contributed by atoms with Crippen molar-refractivity contribution in [1.82, 2.24) is 19.4 Å². The molecular weight excluding hydrogens is 328 g/mol. The van der Waals surface area contributed by atoms with E-state index in [9.17, 15) is 9.59 Å². The molecule has 1 aliphatic carbocycles. The lowest BCUT2D eigenvalue weighted by molar-refractivity contribution is -0.138. The van der Waals surface area contributed by atoms with Gasteiger partial charge >= 0.3 is 0 Å². The molecule has 1 aromatic heterocycles. The molecule has 6 nitrogen and oxygen atoms in total. The Bertz CT molecular complexity index is 853. The van der Waals surface area contributed by atoms with E-state index in [2.05, 4.69) is 4.98 Å². The van der Waals surface area contributed by atoms with Gasteiger partial charge in [0.2, 0.25) is 5.91 Å². The molecule has 1 saturated carbocycles. The van der Waals surface area contributed by atoms with Gasteiger partial charge in [0.05, 0.1) is 11.0 Å². The summed E-state index contributed by atoms with van der Waals surface area (Å²) < 4.78 is 2.03. The van der Waals surface area contributed by atoms with E-state index in [1.807, 2.05) is 46.5 Å². The summed E-state index contributed by atoms with van der Waals surface area (Å²) in [5.74, 6) is 1.49. The molecule has 1 aliphatic heterocycles. The van der Waals surface area contributed by atoms with Crippen molar-refractivity contribution in [3.05, 3.63) is 29.6 Å². The lowest BCUT2D eigenvalue weighted by Gasteiger charge is -2.31. The van der Waals surface area contributed by atoms with Gasteiger partial charge in [0.15, 0.2) is 0 Å². The first kappa shape index (κ1) is 17.1. The Morgan fingerprint density at radius 2 is 1.77 bits per heavy atom. The van der Waals surface area contributed by atoms with E-state index in [0.29, 0.717) is 25.2 Å². The van der Waals surface area contributed by atoms with Crippen LogP contribution >= 0.6 is 0 Å². The van der Waals surface area contributed by atoms with Crippen LogP contribution in [0.2, 0.25) is 0 Å². The molecule has 26 heavy (non-hydrogen) atoms. The predicted octanol–water partition coefficient (Wildman–Crippen LogP) is 2.36. The minimum atomic E-state index is 0.0353. The van der Waals surface area contributed by atoms with Gasteiger partial charge in [-0.2, -0.15) is 0 Å². The second-order valence-electron chi connectivity index (χ2n) is 7.52. The maximum absolute atomic E-state index is 13.0. The number of aromatic nitrogens is 2. The van der Waals surface area contributed by atoms with Gasteiger partial charge in [0.1, 0.15) is 5.82 Å². The SMILES string of the molecule is Cc1nc2cc(C(=O)N3CCCN(C(=O)C4CCC4)CC3)ccc2n1C. The van der Waals surface area contributed by atoms with Crippen molar-refractivity contribution in [2.24, 2.45) is 13.0 Å². The first-order valence-electron chi connectivity index (χ1n) is 9.56. The number of hydrogen-bond donors (Lipinski definition) is 0. The quantitative estimate of drug-likeness (QED) is 0.832. The molecular formula is C20H26N4O2. The Morgan fingerprint density at radius 3 is 2.50 bits per heavy atom. The topological polar surface area (TPSA) is 58.4 Å². The highest BCUT2D eigenvalue weighted by molar-refractivity contribution is 5.97. The molecule has 2 fully saturated rings. The normalized spacial score (nSPS) is 18.7. The third kappa shape index (κ3) is 2.97. The van der Waals surface area contributed by atoms with Crippen LogP contribution in [0.3, 0.4) is 0 Å². The van der Waals surface area contributed by atoms with Crippen molar-refractivity contribution >= 4 is 22.8 Å². The van der Waals surface area contributed by atoms with E-state index >= 15 is 0 Å². The summed E-state index contributed by atoms with van der Waals surface area (Å²) >= 11 is 0. The fourth-order valence-corrected chi connectivity index (χ4v) is 3.89. The predicted molar refractivity (Wildman–Crippen MR) is 99.9 cm³/mol. The number of carbonyl (C=O) groups is 2. The number of aryl methyl sites for hydroxylation is 2. The second kappa shape index (κ2) is 6.74. The lowest BCUT2D eigenvalue weighted by Crippen LogP contribution is -2.41. The van der Waals surface area contributed by atoms with Crippen LogP contribution in [-0.4, -0.2) is 57.3 Å². The molecule has 2 heterocycles. The maximum Gasteiger partial charge on any atom is 0.253 e. The fraction of sp³-hybridized carbons (Fsp3) is 0.550. The van der Waals surface area contributed by atoms with Gasteiger partial charge in [0, 0.05) is 44.7 Å². The number of fused-ring (bicyclic) bond motifs is 1. The summed E-state index contributed by atoms with van der Waals surface area (Å²) in [4.78, 5) is 33.8. The molecule has 2 amide bonds. The Morgan fingerprint density at radius 1 is 1.04 bits per heavy atom. The van der Waals surface area contributed by atoms with Gasteiger partial charge in [-0.15, -0.1) is 0 Å². The molecule has 0 bridgehead atoms. The number of imidazole rings is 1. The second-order valence-corrected chi connectivity index (χ2v) is 7.52. The van der Waals surface area contributed by atoms with Crippen LogP contribution in [0.25, 0.3) is 11.0 Å². The van der Waals surface area contributed by atoms with Crippen molar-refractivity contribution in [3.63, 3.8) is 0 Å². The summed E-state index contributed by atoms with van der Waals surface area (Å²) in [5.41, 5.74) is 2.56. The van der Waals surface area contributed by atoms with Crippen LogP contribution in [0.4, 0.5) is 0 Å². The Balaban J connectivity index is 1.47. The number of rotatable bonds is 2. The molecule has 0 N–H and O–H groups in total. The van der Waals surface area contributed by atoms with E-state index < -0.39 is 0 Å². The van der Waals surface area contributed by atoms with E-state index in [1.54, 1.807) is 0 Å². The van der Waals surface area contributed by atoms with Crippen LogP contribution < -0.4 is 0 Å². The lowest BCUT2D eigenvalue weighted by atomic mass is 9.84. The van der Waals surface area contributed by atoms with Crippen molar-refractivity contribution in [2.45, 2.75) is 32.6 Å². The van der Waals surface area contributed by atoms with Crippen molar-refractivity contribution in [3.8, 4) is 0 Å². The van der Waals surface area contributed by atoms with Crippen LogP contribution in [0.5, 0.6) is 0 Å². The van der Waals surface area contributed by atoms with E-state index in [1.165, 1.54) is 6.42 Å². The fourth-order valence-electron chi connectivity index (χ4n) is 3.89. The van der Waals surface area contributed by atoms with Gasteiger partial charge in [0.25, 0.3) is 5.91 Å². The molecule has 6 heteroatoms. The van der Waals surface area contributed by atoms with E-state index in [0.717, 1.165) is 42.7 Å². The van der Waals surface area contributed by atoms with Crippen molar-refractivity contribution in [1.29, 1.82) is 0 Å². The molecule has 0 spiro atoms. The number of nitrogens with zero attached hydrogens (tertiary/aromatic N) is 4. The zero-order valence-corrected chi connectivity index (χ0v) is 15.6. The first-order chi connectivity index (χ1) is 12.5. The molecule has 2 aliphatic rings. The minimum Gasteiger partial charge on any atom is -0.341 e. The largest absolute Gasteiger partial charge is 0.341 e. The van der Waals surface area contributed by atoms with Gasteiger partial charge in [-0.1, -0.05) is 6.42 Å². The van der Waals surface area contributed by atoms with Crippen LogP contribution in [0.15, 0.2) is 18.2 Å². The summed E-state index contributed by atoms with van der Waals surface area (Å²) in [6, 6.07) is 5.73. The Labute approximate surface area is 153 Å². The summed E-state index contributed by atoms with van der Waals surface area (Å²) in [5, 5.41) is 0. The zero-order valence-electron chi connectivity index (χ0n) is 15.6. The molecule has 0 radical (unpaired) electrons. The highest BCUT2D eigenvalue weighted by atomic mass is 16.2. The Kier molecular flexibility index (Phi) is 4.42. The Hall–Kier alpha value is -2.37. The molecule has 1 aromatic carbocycles. The molecule has 0 atom stereocenters. The van der Waals surface area contributed by atoms with Gasteiger partial charge < -0.3 is 14.4 Å².